The van der Waals surface area contributed by atoms with E-state index in [9.17, 15) is 0 Å². The molecule has 0 amide bonds. The van der Waals surface area contributed by atoms with Gasteiger partial charge in [-0.25, -0.2) is 0 Å². The molecule has 2 heteroatoms. The zero-order chi connectivity index (χ0) is 7.82. The fourth-order valence-corrected chi connectivity index (χ4v) is 0.554. The van der Waals surface area contributed by atoms with Gasteiger partial charge >= 0.3 is 0 Å². The quantitative estimate of drug-likeness (QED) is 0.316. The second-order valence-corrected chi connectivity index (χ2v) is 1.70. The first kappa shape index (κ1) is 8.98. The van der Waals surface area contributed by atoms with Crippen LogP contribution in [0.2, 0.25) is 0 Å². The summed E-state index contributed by atoms with van der Waals surface area (Å²) >= 11 is 0. The Morgan fingerprint density at radius 1 is 1.10 bits per heavy atom. The molecular weight excluding hydrogens is 126 g/mol. The summed E-state index contributed by atoms with van der Waals surface area (Å²) in [6, 6.07) is 0. The lowest BCUT2D eigenvalue weighted by molar-refractivity contribution is -0.0826. The van der Waals surface area contributed by atoms with E-state index in [4.69, 9.17) is 4.84 Å². The van der Waals surface area contributed by atoms with Gasteiger partial charge in [0.1, 0.15) is 6.26 Å². The highest BCUT2D eigenvalue weighted by Crippen LogP contribution is 1.90. The van der Waals surface area contributed by atoms with Crippen LogP contribution in [-0.2, 0) is 4.84 Å². The molecule has 0 radical (unpaired) electrons. The highest BCUT2D eigenvalue weighted by atomic mass is 16.7. The fraction of sp³-hybridized carbons (Fsp3) is 0.250. The van der Waals surface area contributed by atoms with E-state index >= 15 is 0 Å². The molecule has 0 spiro atoms. The maximum Gasteiger partial charge on any atom is 0.104 e. The molecule has 0 saturated heterocycles. The predicted molar refractivity (Wildman–Crippen MR) is 43.2 cm³/mol. The largest absolute Gasteiger partial charge is 0.414 e. The lowest BCUT2D eigenvalue weighted by Gasteiger charge is -2.15. The van der Waals surface area contributed by atoms with Gasteiger partial charge in [0.25, 0.3) is 0 Å². The van der Waals surface area contributed by atoms with E-state index < -0.39 is 0 Å². The molecule has 0 heterocycles. The maximum atomic E-state index is 4.98. The molecule has 0 aliphatic carbocycles. The third-order valence-corrected chi connectivity index (χ3v) is 0.889. The van der Waals surface area contributed by atoms with Gasteiger partial charge in [0.15, 0.2) is 0 Å². The first-order valence-electron chi connectivity index (χ1n) is 3.09. The topological polar surface area (TPSA) is 12.5 Å². The summed E-state index contributed by atoms with van der Waals surface area (Å²) in [5, 5.41) is 1.69. The summed E-state index contributed by atoms with van der Waals surface area (Å²) in [5.41, 5.74) is 0. The standard InChI is InChI=1S/C8H13NO/c1-4-7-9(8-5-2)10-6-3/h4-6H,1-3,7-8H2. The van der Waals surface area contributed by atoms with Gasteiger partial charge in [-0.1, -0.05) is 18.7 Å². The minimum absolute atomic E-state index is 0.679. The lowest BCUT2D eigenvalue weighted by atomic mass is 10.5. The van der Waals surface area contributed by atoms with Gasteiger partial charge in [0, 0.05) is 0 Å². The molecule has 56 valence electrons. The monoisotopic (exact) mass is 139 g/mol. The third kappa shape index (κ3) is 3.92. The van der Waals surface area contributed by atoms with Crippen molar-refractivity contribution in [3.8, 4) is 0 Å². The molecule has 0 aliphatic rings. The third-order valence-electron chi connectivity index (χ3n) is 0.889. The predicted octanol–water partition coefficient (Wildman–Crippen LogP) is 1.74. The van der Waals surface area contributed by atoms with Crippen LogP contribution in [0.5, 0.6) is 0 Å². The maximum absolute atomic E-state index is 4.98. The van der Waals surface area contributed by atoms with Crippen LogP contribution in [0.4, 0.5) is 0 Å². The van der Waals surface area contributed by atoms with Gasteiger partial charge in [0.05, 0.1) is 13.1 Å². The van der Waals surface area contributed by atoms with Crippen molar-refractivity contribution in [2.24, 2.45) is 0 Å². The van der Waals surface area contributed by atoms with Gasteiger partial charge in [0.2, 0.25) is 0 Å². The van der Waals surface area contributed by atoms with Crippen LogP contribution in [0.15, 0.2) is 38.2 Å². The summed E-state index contributed by atoms with van der Waals surface area (Å²) in [7, 11) is 0. The Kier molecular flexibility index (Phi) is 5.48. The number of rotatable bonds is 6. The SMILES string of the molecule is C=CCN(CC=C)OC=C. The Morgan fingerprint density at radius 3 is 1.90 bits per heavy atom. The molecule has 0 bridgehead atoms. The smallest absolute Gasteiger partial charge is 0.104 e. The second kappa shape index (κ2) is 6.11. The van der Waals surface area contributed by atoms with Crippen molar-refractivity contribution in [2.45, 2.75) is 0 Å². The molecule has 10 heavy (non-hydrogen) atoms. The molecular formula is C8H13NO. The highest BCUT2D eigenvalue weighted by Gasteiger charge is 1.95. The Balaban J connectivity index is 3.58. The molecule has 0 atom stereocenters. The Bertz CT molecular complexity index is 96.7. The summed E-state index contributed by atoms with van der Waals surface area (Å²) in [4.78, 5) is 4.98. The molecule has 0 aromatic rings. The normalized spacial score (nSPS) is 8.90. The van der Waals surface area contributed by atoms with E-state index in [1.165, 1.54) is 6.26 Å². The van der Waals surface area contributed by atoms with Crippen LogP contribution < -0.4 is 0 Å². The number of nitrogens with zero attached hydrogens (tertiary/aromatic N) is 1. The van der Waals surface area contributed by atoms with Crippen molar-refractivity contribution in [3.05, 3.63) is 38.2 Å². The van der Waals surface area contributed by atoms with Crippen molar-refractivity contribution in [2.75, 3.05) is 13.1 Å². The van der Waals surface area contributed by atoms with Crippen LogP contribution >= 0.6 is 0 Å². The zero-order valence-corrected chi connectivity index (χ0v) is 6.12. The van der Waals surface area contributed by atoms with Gasteiger partial charge in [-0.2, -0.15) is 0 Å². The van der Waals surface area contributed by atoms with Crippen LogP contribution in [0.25, 0.3) is 0 Å². The van der Waals surface area contributed by atoms with Crippen molar-refractivity contribution < 1.29 is 4.84 Å². The molecule has 0 fully saturated rings. The summed E-state index contributed by atoms with van der Waals surface area (Å²) in [6.45, 7) is 11.9. The molecule has 2 nitrogen and oxygen atoms in total. The molecule has 0 saturated carbocycles. The van der Waals surface area contributed by atoms with Crippen molar-refractivity contribution in [1.82, 2.24) is 5.06 Å². The van der Waals surface area contributed by atoms with Crippen molar-refractivity contribution >= 4 is 0 Å². The second-order valence-electron chi connectivity index (χ2n) is 1.70. The number of hydrogen-bond acceptors (Lipinski definition) is 2. The Hall–Kier alpha value is -1.02. The van der Waals surface area contributed by atoms with Crippen LogP contribution in [-0.4, -0.2) is 18.2 Å². The minimum atomic E-state index is 0.679. The first-order valence-corrected chi connectivity index (χ1v) is 3.09. The summed E-state index contributed by atoms with van der Waals surface area (Å²) < 4.78 is 0. The van der Waals surface area contributed by atoms with Crippen LogP contribution in [0.1, 0.15) is 0 Å². The lowest BCUT2D eigenvalue weighted by Crippen LogP contribution is -2.21. The van der Waals surface area contributed by atoms with E-state index in [1.807, 2.05) is 0 Å². The van der Waals surface area contributed by atoms with Gasteiger partial charge in [-0.3, -0.25) is 0 Å². The zero-order valence-electron chi connectivity index (χ0n) is 6.12. The summed E-state index contributed by atoms with van der Waals surface area (Å²) in [6.07, 6.45) is 4.90. The number of hydroxylamine groups is 2. The average molecular weight is 139 g/mol. The first-order chi connectivity index (χ1) is 4.85. The number of hydrogen-bond donors (Lipinski definition) is 0. The van der Waals surface area contributed by atoms with Gasteiger partial charge in [-0.05, 0) is 0 Å². The van der Waals surface area contributed by atoms with Crippen molar-refractivity contribution in [1.29, 1.82) is 0 Å². The highest BCUT2D eigenvalue weighted by molar-refractivity contribution is 4.76. The summed E-state index contributed by atoms with van der Waals surface area (Å²) in [5.74, 6) is 0. The van der Waals surface area contributed by atoms with Crippen LogP contribution in [0.3, 0.4) is 0 Å². The Labute approximate surface area is 62.1 Å². The average Bonchev–Trinajstić information content (AvgIpc) is 1.90. The van der Waals surface area contributed by atoms with Gasteiger partial charge in [-0.15, -0.1) is 18.2 Å². The molecule has 0 aliphatic heterocycles. The molecule has 0 unspecified atom stereocenters. The van der Waals surface area contributed by atoms with Crippen LogP contribution in [0, 0.1) is 0 Å². The molecule has 0 aromatic heterocycles. The molecule has 0 aromatic carbocycles. The minimum Gasteiger partial charge on any atom is -0.414 e. The van der Waals surface area contributed by atoms with Crippen molar-refractivity contribution in [3.63, 3.8) is 0 Å². The molecule has 0 N–H and O–H groups in total. The van der Waals surface area contributed by atoms with E-state index in [-0.39, 0.29) is 0 Å². The van der Waals surface area contributed by atoms with E-state index in [1.54, 1.807) is 17.2 Å². The Morgan fingerprint density at radius 2 is 1.60 bits per heavy atom. The molecule has 0 rings (SSSR count). The van der Waals surface area contributed by atoms with E-state index in [0.29, 0.717) is 13.1 Å². The van der Waals surface area contributed by atoms with Gasteiger partial charge < -0.3 is 4.84 Å². The van der Waals surface area contributed by atoms with E-state index in [2.05, 4.69) is 19.7 Å². The van der Waals surface area contributed by atoms with E-state index in [0.717, 1.165) is 0 Å². The fourth-order valence-electron chi connectivity index (χ4n) is 0.554.